The van der Waals surface area contributed by atoms with Crippen molar-refractivity contribution in [2.24, 2.45) is 0 Å². The van der Waals surface area contributed by atoms with E-state index in [9.17, 15) is 9.59 Å². The monoisotopic (exact) mass is 400 g/mol. The van der Waals surface area contributed by atoms with Gasteiger partial charge >= 0.3 is 0 Å². The lowest BCUT2D eigenvalue weighted by molar-refractivity contribution is 0.102. The molecule has 7 heteroatoms. The van der Waals surface area contributed by atoms with E-state index in [-0.39, 0.29) is 11.3 Å². The number of hydrogen-bond donors (Lipinski definition) is 2. The van der Waals surface area contributed by atoms with Gasteiger partial charge in [0.2, 0.25) is 0 Å². The molecule has 4 rings (SSSR count). The molecule has 2 aromatic carbocycles. The minimum absolute atomic E-state index is 0.186. The van der Waals surface area contributed by atoms with E-state index in [4.69, 9.17) is 9.47 Å². The highest BCUT2D eigenvalue weighted by Gasteiger charge is 2.17. The summed E-state index contributed by atoms with van der Waals surface area (Å²) >= 11 is 3.41. The van der Waals surface area contributed by atoms with Gasteiger partial charge in [0.25, 0.3) is 11.5 Å². The standard InChI is InChI=1S/C18H13BrN2O4/c19-12-8-15-16(25-6-5-24-15)9-13(12)20-18(23)14-7-10-3-1-2-4-11(10)17(22)21-14/h1-4,7-9H,5-6H2,(H,20,23)(H,21,22). The number of pyridine rings is 1. The number of amides is 1. The number of aromatic amines is 1. The highest BCUT2D eigenvalue weighted by molar-refractivity contribution is 9.10. The van der Waals surface area contributed by atoms with Crippen LogP contribution in [0.25, 0.3) is 10.8 Å². The zero-order valence-corrected chi connectivity index (χ0v) is 14.6. The number of aromatic nitrogens is 1. The number of fused-ring (bicyclic) bond motifs is 2. The Morgan fingerprint density at radius 2 is 1.80 bits per heavy atom. The average Bonchev–Trinajstić information content (AvgIpc) is 2.62. The fourth-order valence-electron chi connectivity index (χ4n) is 2.68. The van der Waals surface area contributed by atoms with Gasteiger partial charge < -0.3 is 19.8 Å². The minimum Gasteiger partial charge on any atom is -0.486 e. The van der Waals surface area contributed by atoms with Crippen molar-refractivity contribution in [1.82, 2.24) is 4.98 Å². The average molecular weight is 401 g/mol. The van der Waals surface area contributed by atoms with Crippen molar-refractivity contribution in [3.05, 3.63) is 63.0 Å². The number of H-pyrrole nitrogens is 1. The Morgan fingerprint density at radius 3 is 2.60 bits per heavy atom. The summed E-state index contributed by atoms with van der Waals surface area (Å²) in [4.78, 5) is 27.3. The second-order valence-electron chi connectivity index (χ2n) is 5.53. The van der Waals surface area contributed by atoms with Crippen LogP contribution in [0.3, 0.4) is 0 Å². The van der Waals surface area contributed by atoms with Crippen LogP contribution in [-0.2, 0) is 0 Å². The molecule has 1 amide bonds. The smallest absolute Gasteiger partial charge is 0.272 e. The van der Waals surface area contributed by atoms with Gasteiger partial charge in [0, 0.05) is 22.0 Å². The van der Waals surface area contributed by atoms with Crippen molar-refractivity contribution in [3.8, 4) is 11.5 Å². The number of anilines is 1. The van der Waals surface area contributed by atoms with E-state index in [0.29, 0.717) is 45.6 Å². The molecule has 3 aromatic rings. The summed E-state index contributed by atoms with van der Waals surface area (Å²) in [5.74, 6) is 0.771. The summed E-state index contributed by atoms with van der Waals surface area (Å²) in [5, 5.41) is 4.02. The summed E-state index contributed by atoms with van der Waals surface area (Å²) in [7, 11) is 0. The normalized spacial score (nSPS) is 12.8. The SMILES string of the molecule is O=C(Nc1cc2c(cc1Br)OCCO2)c1cc2ccccc2c(=O)[nH]1. The molecule has 6 nitrogen and oxygen atoms in total. The first-order chi connectivity index (χ1) is 12.1. The van der Waals surface area contributed by atoms with Gasteiger partial charge in [0.15, 0.2) is 11.5 Å². The van der Waals surface area contributed by atoms with Gasteiger partial charge in [-0.2, -0.15) is 0 Å². The van der Waals surface area contributed by atoms with E-state index >= 15 is 0 Å². The van der Waals surface area contributed by atoms with Gasteiger partial charge in [0.05, 0.1) is 5.69 Å². The Hall–Kier alpha value is -2.80. The summed E-state index contributed by atoms with van der Waals surface area (Å²) in [6.45, 7) is 0.948. The number of ether oxygens (including phenoxy) is 2. The van der Waals surface area contributed by atoms with Crippen molar-refractivity contribution in [3.63, 3.8) is 0 Å². The molecule has 0 saturated carbocycles. The van der Waals surface area contributed by atoms with Crippen LogP contribution in [0.15, 0.2) is 51.7 Å². The van der Waals surface area contributed by atoms with Crippen LogP contribution >= 0.6 is 15.9 Å². The first kappa shape index (κ1) is 15.7. The molecule has 0 radical (unpaired) electrons. The highest BCUT2D eigenvalue weighted by atomic mass is 79.9. The van der Waals surface area contributed by atoms with E-state index < -0.39 is 5.91 Å². The van der Waals surface area contributed by atoms with Gasteiger partial charge in [-0.05, 0) is 33.4 Å². The van der Waals surface area contributed by atoms with E-state index in [0.717, 1.165) is 0 Å². The van der Waals surface area contributed by atoms with Gasteiger partial charge in [-0.25, -0.2) is 0 Å². The molecule has 2 N–H and O–H groups in total. The Labute approximate surface area is 150 Å². The molecule has 1 aromatic heterocycles. The Morgan fingerprint density at radius 1 is 1.08 bits per heavy atom. The van der Waals surface area contributed by atoms with Crippen LogP contribution in [0.1, 0.15) is 10.5 Å². The Balaban J connectivity index is 1.67. The van der Waals surface area contributed by atoms with Crippen LogP contribution in [0.5, 0.6) is 11.5 Å². The third-order valence-corrected chi connectivity index (χ3v) is 4.53. The largest absolute Gasteiger partial charge is 0.486 e. The van der Waals surface area contributed by atoms with E-state index in [1.54, 1.807) is 36.4 Å². The van der Waals surface area contributed by atoms with Crippen molar-refractivity contribution >= 4 is 38.3 Å². The van der Waals surface area contributed by atoms with E-state index in [1.807, 2.05) is 6.07 Å². The Kier molecular flexibility index (Phi) is 3.93. The van der Waals surface area contributed by atoms with Crippen LogP contribution in [0.2, 0.25) is 0 Å². The molecular formula is C18H13BrN2O4. The number of hydrogen-bond acceptors (Lipinski definition) is 4. The molecule has 126 valence electrons. The number of halogens is 1. The molecule has 0 atom stereocenters. The van der Waals surface area contributed by atoms with Crippen LogP contribution < -0.4 is 20.3 Å². The maximum absolute atomic E-state index is 12.6. The molecule has 25 heavy (non-hydrogen) atoms. The van der Waals surface area contributed by atoms with Gasteiger partial charge in [-0.15, -0.1) is 0 Å². The summed E-state index contributed by atoms with van der Waals surface area (Å²) in [6, 6.07) is 12.2. The molecule has 0 spiro atoms. The maximum Gasteiger partial charge on any atom is 0.272 e. The van der Waals surface area contributed by atoms with Crippen LogP contribution in [-0.4, -0.2) is 24.1 Å². The molecule has 0 saturated heterocycles. The predicted octanol–water partition coefficient (Wildman–Crippen LogP) is 3.31. The summed E-state index contributed by atoms with van der Waals surface area (Å²) < 4.78 is 11.7. The topological polar surface area (TPSA) is 80.4 Å². The first-order valence-electron chi connectivity index (χ1n) is 7.64. The molecule has 2 heterocycles. The summed E-state index contributed by atoms with van der Waals surface area (Å²) in [6.07, 6.45) is 0. The Bertz CT molecular complexity index is 1040. The minimum atomic E-state index is -0.416. The van der Waals surface area contributed by atoms with Gasteiger partial charge in [-0.1, -0.05) is 18.2 Å². The fourth-order valence-corrected chi connectivity index (χ4v) is 3.10. The molecule has 0 fully saturated rings. The number of rotatable bonds is 2. The second kappa shape index (κ2) is 6.25. The zero-order valence-electron chi connectivity index (χ0n) is 13.0. The quantitative estimate of drug-likeness (QED) is 0.691. The van der Waals surface area contributed by atoms with Crippen molar-refractivity contribution in [2.45, 2.75) is 0 Å². The van der Waals surface area contributed by atoms with Crippen LogP contribution in [0, 0.1) is 0 Å². The molecular weight excluding hydrogens is 388 g/mol. The number of carbonyl (C=O) groups excluding carboxylic acids is 1. The van der Waals surface area contributed by atoms with Crippen molar-refractivity contribution in [1.29, 1.82) is 0 Å². The predicted molar refractivity (Wildman–Crippen MR) is 97.7 cm³/mol. The van der Waals surface area contributed by atoms with Crippen molar-refractivity contribution in [2.75, 3.05) is 18.5 Å². The third-order valence-electron chi connectivity index (χ3n) is 3.88. The zero-order chi connectivity index (χ0) is 17.4. The molecule has 0 bridgehead atoms. The van der Waals surface area contributed by atoms with Gasteiger partial charge in [0.1, 0.15) is 18.9 Å². The van der Waals surface area contributed by atoms with Gasteiger partial charge in [-0.3, -0.25) is 9.59 Å². The second-order valence-corrected chi connectivity index (χ2v) is 6.38. The fraction of sp³-hybridized carbons (Fsp3) is 0.111. The number of benzene rings is 2. The third kappa shape index (κ3) is 2.98. The molecule has 1 aliphatic heterocycles. The maximum atomic E-state index is 12.6. The first-order valence-corrected chi connectivity index (χ1v) is 8.44. The number of carbonyl (C=O) groups is 1. The van der Waals surface area contributed by atoms with E-state index in [1.165, 1.54) is 0 Å². The molecule has 0 aliphatic carbocycles. The van der Waals surface area contributed by atoms with E-state index in [2.05, 4.69) is 26.2 Å². The number of nitrogens with one attached hydrogen (secondary N) is 2. The van der Waals surface area contributed by atoms with Crippen molar-refractivity contribution < 1.29 is 14.3 Å². The highest BCUT2D eigenvalue weighted by Crippen LogP contribution is 2.38. The lowest BCUT2D eigenvalue weighted by atomic mass is 10.1. The lowest BCUT2D eigenvalue weighted by Crippen LogP contribution is -2.20. The lowest BCUT2D eigenvalue weighted by Gasteiger charge is -2.20. The summed E-state index contributed by atoms with van der Waals surface area (Å²) in [5.41, 5.74) is 0.415. The van der Waals surface area contributed by atoms with Crippen LogP contribution in [0.4, 0.5) is 5.69 Å². The molecule has 1 aliphatic rings. The molecule has 0 unspecified atom stereocenters.